The largest absolute Gasteiger partial charge is 0.467 e. The molecule has 1 aliphatic heterocycles. The molecule has 21 heavy (non-hydrogen) atoms. The lowest BCUT2D eigenvalue weighted by molar-refractivity contribution is -0.0574. The summed E-state index contributed by atoms with van der Waals surface area (Å²) >= 11 is 0. The van der Waals surface area contributed by atoms with Crippen molar-refractivity contribution in [2.75, 3.05) is 50.7 Å². The molecule has 1 aliphatic rings. The van der Waals surface area contributed by atoms with Crippen molar-refractivity contribution in [2.24, 2.45) is 0 Å². The van der Waals surface area contributed by atoms with Gasteiger partial charge in [0.25, 0.3) is 0 Å². The van der Waals surface area contributed by atoms with E-state index in [1.165, 1.54) is 7.11 Å². The van der Waals surface area contributed by atoms with E-state index >= 15 is 0 Å². The predicted octanol–water partition coefficient (Wildman–Crippen LogP) is 0.290. The van der Waals surface area contributed by atoms with Gasteiger partial charge in [-0.3, -0.25) is 0 Å². The lowest BCUT2D eigenvalue weighted by Gasteiger charge is -2.35. The average Bonchev–Trinajstić information content (AvgIpc) is 2.47. The molecule has 0 unspecified atom stereocenters. The molecule has 0 bridgehead atoms. The predicted molar refractivity (Wildman–Crippen MR) is 78.8 cm³/mol. The van der Waals surface area contributed by atoms with E-state index in [0.717, 1.165) is 0 Å². The van der Waals surface area contributed by atoms with Crippen LogP contribution in [0.15, 0.2) is 0 Å². The second kappa shape index (κ2) is 6.86. The van der Waals surface area contributed by atoms with E-state index in [4.69, 9.17) is 9.47 Å². The van der Waals surface area contributed by atoms with Crippen molar-refractivity contribution in [3.8, 4) is 6.01 Å². The summed E-state index contributed by atoms with van der Waals surface area (Å²) in [5, 5.41) is 13.6. The van der Waals surface area contributed by atoms with Gasteiger partial charge >= 0.3 is 6.01 Å². The summed E-state index contributed by atoms with van der Waals surface area (Å²) in [4.78, 5) is 14.5. The number of aromatic nitrogens is 3. The summed E-state index contributed by atoms with van der Waals surface area (Å²) in [6.45, 7) is 4.26. The Morgan fingerprint density at radius 3 is 2.67 bits per heavy atom. The zero-order valence-corrected chi connectivity index (χ0v) is 12.8. The molecule has 0 aliphatic carbocycles. The van der Waals surface area contributed by atoms with Crippen LogP contribution in [-0.4, -0.2) is 66.1 Å². The number of anilines is 2. The second-order valence-corrected chi connectivity index (χ2v) is 5.17. The van der Waals surface area contributed by atoms with E-state index in [2.05, 4.69) is 20.3 Å². The molecule has 0 amide bonds. The van der Waals surface area contributed by atoms with Gasteiger partial charge in [-0.2, -0.15) is 15.0 Å². The van der Waals surface area contributed by atoms with Crippen molar-refractivity contribution in [3.05, 3.63) is 0 Å². The summed E-state index contributed by atoms with van der Waals surface area (Å²) in [6, 6.07) is 0.252. The third kappa shape index (κ3) is 4.15. The fourth-order valence-electron chi connectivity index (χ4n) is 2.27. The molecule has 2 N–H and O–H groups in total. The number of nitrogens with zero attached hydrogens (tertiary/aromatic N) is 4. The molecule has 0 radical (unpaired) electrons. The van der Waals surface area contributed by atoms with Crippen LogP contribution >= 0.6 is 0 Å². The molecule has 0 saturated carbocycles. The van der Waals surface area contributed by atoms with Gasteiger partial charge in [0.1, 0.15) is 0 Å². The Kier molecular flexibility index (Phi) is 5.13. The Balaban J connectivity index is 2.13. The van der Waals surface area contributed by atoms with Crippen LogP contribution in [0.3, 0.4) is 0 Å². The topological polar surface area (TPSA) is 92.6 Å². The van der Waals surface area contributed by atoms with Crippen LogP contribution in [0, 0.1) is 0 Å². The highest BCUT2D eigenvalue weighted by Gasteiger charge is 2.32. The zero-order chi connectivity index (χ0) is 15.3. The van der Waals surface area contributed by atoms with E-state index in [1.807, 2.05) is 18.9 Å². The van der Waals surface area contributed by atoms with Gasteiger partial charge in [0, 0.05) is 46.2 Å². The Hall–Kier alpha value is -1.67. The van der Waals surface area contributed by atoms with E-state index in [1.54, 1.807) is 0 Å². The Morgan fingerprint density at radius 2 is 2.05 bits per heavy atom. The summed E-state index contributed by atoms with van der Waals surface area (Å²) in [5.74, 6) is 0.933. The first-order valence-corrected chi connectivity index (χ1v) is 7.11. The van der Waals surface area contributed by atoms with E-state index < -0.39 is 5.60 Å². The first kappa shape index (κ1) is 15.7. The van der Waals surface area contributed by atoms with Crippen molar-refractivity contribution in [2.45, 2.75) is 25.4 Å². The highest BCUT2D eigenvalue weighted by molar-refractivity contribution is 5.38. The third-order valence-corrected chi connectivity index (χ3v) is 3.42. The fraction of sp³-hybridized carbons (Fsp3) is 0.769. The molecule has 0 aromatic carbocycles. The van der Waals surface area contributed by atoms with Crippen LogP contribution in [0.1, 0.15) is 19.8 Å². The summed E-state index contributed by atoms with van der Waals surface area (Å²) in [6.07, 6.45) is 1.22. The van der Waals surface area contributed by atoms with Crippen molar-refractivity contribution >= 4 is 11.9 Å². The van der Waals surface area contributed by atoms with Crippen LogP contribution in [0.2, 0.25) is 0 Å². The van der Waals surface area contributed by atoms with Gasteiger partial charge in [-0.1, -0.05) is 0 Å². The number of ether oxygens (including phenoxy) is 2. The Bertz CT molecular complexity index is 465. The highest BCUT2D eigenvalue weighted by Crippen LogP contribution is 2.23. The molecule has 0 atom stereocenters. The molecule has 1 aromatic heterocycles. The number of hydrogen-bond acceptors (Lipinski definition) is 8. The molecule has 2 rings (SSSR count). The summed E-state index contributed by atoms with van der Waals surface area (Å²) < 4.78 is 10.4. The number of likely N-dealkylation sites (N-methyl/N-ethyl adjacent to an activating group) is 1. The zero-order valence-electron chi connectivity index (χ0n) is 12.8. The first-order valence-electron chi connectivity index (χ1n) is 7.11. The van der Waals surface area contributed by atoms with Crippen molar-refractivity contribution in [3.63, 3.8) is 0 Å². The van der Waals surface area contributed by atoms with Gasteiger partial charge in [-0.05, 0) is 6.92 Å². The maximum atomic E-state index is 10.6. The highest BCUT2D eigenvalue weighted by atomic mass is 16.5. The minimum atomic E-state index is -0.773. The molecule has 0 spiro atoms. The Morgan fingerprint density at radius 1 is 1.33 bits per heavy atom. The van der Waals surface area contributed by atoms with Crippen molar-refractivity contribution in [1.82, 2.24) is 15.0 Å². The number of nitrogens with one attached hydrogen (secondary N) is 1. The smallest absolute Gasteiger partial charge is 0.322 e. The monoisotopic (exact) mass is 297 g/mol. The van der Waals surface area contributed by atoms with Gasteiger partial charge in [-0.15, -0.1) is 0 Å². The minimum Gasteiger partial charge on any atom is -0.467 e. The molecule has 1 saturated heterocycles. The van der Waals surface area contributed by atoms with Crippen LogP contribution in [0.4, 0.5) is 11.9 Å². The maximum absolute atomic E-state index is 10.6. The van der Waals surface area contributed by atoms with Gasteiger partial charge < -0.3 is 24.8 Å². The van der Waals surface area contributed by atoms with E-state index in [-0.39, 0.29) is 6.01 Å². The minimum absolute atomic E-state index is 0.252. The SMILES string of the molecule is CCNc1nc(OC)nc(N(C)CC2(O)CCOCC2)n1. The van der Waals surface area contributed by atoms with E-state index in [9.17, 15) is 5.11 Å². The van der Waals surface area contributed by atoms with Crippen LogP contribution in [-0.2, 0) is 4.74 Å². The molecular formula is C13H23N5O3. The summed E-state index contributed by atoms with van der Waals surface area (Å²) in [7, 11) is 3.36. The first-order chi connectivity index (χ1) is 10.1. The average molecular weight is 297 g/mol. The Labute approximate surface area is 124 Å². The standard InChI is InChI=1S/C13H23N5O3/c1-4-14-10-15-11(17-12(16-10)20-3)18(2)9-13(19)5-7-21-8-6-13/h19H,4-9H2,1-3H3,(H,14,15,16,17). The van der Waals surface area contributed by atoms with Gasteiger partial charge in [0.05, 0.1) is 12.7 Å². The van der Waals surface area contributed by atoms with E-state index in [0.29, 0.717) is 51.0 Å². The second-order valence-electron chi connectivity index (χ2n) is 5.17. The third-order valence-electron chi connectivity index (χ3n) is 3.42. The van der Waals surface area contributed by atoms with Crippen molar-refractivity contribution < 1.29 is 14.6 Å². The number of hydrogen-bond donors (Lipinski definition) is 2. The van der Waals surface area contributed by atoms with Crippen LogP contribution in [0.25, 0.3) is 0 Å². The molecule has 2 heterocycles. The summed E-state index contributed by atoms with van der Waals surface area (Å²) in [5.41, 5.74) is -0.773. The molecule has 8 heteroatoms. The van der Waals surface area contributed by atoms with Gasteiger partial charge in [0.15, 0.2) is 0 Å². The quantitative estimate of drug-likeness (QED) is 0.774. The lowest BCUT2D eigenvalue weighted by atomic mass is 9.94. The number of aliphatic hydroxyl groups is 1. The van der Waals surface area contributed by atoms with Gasteiger partial charge in [0.2, 0.25) is 11.9 Å². The number of methoxy groups -OCH3 is 1. The molecule has 8 nitrogen and oxygen atoms in total. The van der Waals surface area contributed by atoms with Crippen LogP contribution < -0.4 is 15.0 Å². The lowest BCUT2D eigenvalue weighted by Crippen LogP contribution is -2.46. The molecule has 1 fully saturated rings. The van der Waals surface area contributed by atoms with Gasteiger partial charge in [-0.25, -0.2) is 0 Å². The normalized spacial score (nSPS) is 17.3. The maximum Gasteiger partial charge on any atom is 0.322 e. The number of rotatable bonds is 6. The van der Waals surface area contributed by atoms with Crippen LogP contribution in [0.5, 0.6) is 6.01 Å². The fourth-order valence-corrected chi connectivity index (χ4v) is 2.27. The van der Waals surface area contributed by atoms with Crippen molar-refractivity contribution in [1.29, 1.82) is 0 Å². The molecule has 118 valence electrons. The molecular weight excluding hydrogens is 274 g/mol. The molecule has 1 aromatic rings.